The minimum Gasteiger partial charge on any atom is -0.468 e. The number of hydrogen-bond donors (Lipinski definition) is 0. The normalized spacial score (nSPS) is 10.4. The van der Waals surface area contributed by atoms with E-state index in [1.807, 2.05) is 25.1 Å². The minimum atomic E-state index is 0.651. The van der Waals surface area contributed by atoms with Gasteiger partial charge in [-0.1, -0.05) is 23.4 Å². The van der Waals surface area contributed by atoms with Crippen molar-refractivity contribution in [2.45, 2.75) is 16.8 Å². The molecule has 4 heteroatoms. The molecule has 0 radical (unpaired) electrons. The third-order valence-corrected chi connectivity index (χ3v) is 3.04. The lowest BCUT2D eigenvalue weighted by Gasteiger charge is -1.98. The van der Waals surface area contributed by atoms with E-state index >= 15 is 0 Å². The molecule has 0 fully saturated rings. The fraction of sp³-hybridized carbons (Fsp3) is 0.100. The highest BCUT2D eigenvalue weighted by molar-refractivity contribution is 7.99. The van der Waals surface area contributed by atoms with E-state index in [0.717, 1.165) is 15.7 Å². The molecule has 72 valence electrons. The molecule has 2 aromatic rings. The summed E-state index contributed by atoms with van der Waals surface area (Å²) in [4.78, 5) is 5.27. The standard InChI is InChI=1S/C10H8ClNOS/c1-7-9(4-5-13-7)14-10-3-2-8(11)6-12-10/h2-6H,1H3. The summed E-state index contributed by atoms with van der Waals surface area (Å²) >= 11 is 7.30. The fourth-order valence-electron chi connectivity index (χ4n) is 1.01. The van der Waals surface area contributed by atoms with Gasteiger partial charge in [0.1, 0.15) is 10.8 Å². The highest BCUT2D eigenvalue weighted by Gasteiger charge is 2.04. The van der Waals surface area contributed by atoms with Crippen LogP contribution >= 0.6 is 23.4 Å². The zero-order valence-corrected chi connectivity index (χ0v) is 9.10. The summed E-state index contributed by atoms with van der Waals surface area (Å²) in [7, 11) is 0. The van der Waals surface area contributed by atoms with Crippen molar-refractivity contribution in [3.05, 3.63) is 41.4 Å². The van der Waals surface area contributed by atoms with E-state index in [-0.39, 0.29) is 0 Å². The van der Waals surface area contributed by atoms with E-state index in [1.54, 1.807) is 24.2 Å². The Bertz CT molecular complexity index is 424. The van der Waals surface area contributed by atoms with Gasteiger partial charge in [-0.05, 0) is 25.1 Å². The Morgan fingerprint density at radius 2 is 2.21 bits per heavy atom. The predicted octanol–water partition coefficient (Wildman–Crippen LogP) is 3.79. The monoisotopic (exact) mass is 225 g/mol. The third-order valence-electron chi connectivity index (χ3n) is 1.73. The maximum absolute atomic E-state index is 5.73. The second kappa shape index (κ2) is 4.07. The Balaban J connectivity index is 2.19. The number of rotatable bonds is 2. The first-order valence-electron chi connectivity index (χ1n) is 4.09. The molecule has 0 saturated carbocycles. The molecule has 14 heavy (non-hydrogen) atoms. The molecule has 0 aliphatic rings. The fourth-order valence-corrected chi connectivity index (χ4v) is 1.91. The van der Waals surface area contributed by atoms with Crippen LogP contribution in [0.1, 0.15) is 5.76 Å². The van der Waals surface area contributed by atoms with Crippen LogP contribution in [-0.2, 0) is 0 Å². The molecule has 0 bridgehead atoms. The van der Waals surface area contributed by atoms with Crippen LogP contribution in [0, 0.1) is 6.92 Å². The van der Waals surface area contributed by atoms with Crippen LogP contribution in [0.25, 0.3) is 0 Å². The lowest BCUT2D eigenvalue weighted by atomic mass is 10.5. The highest BCUT2D eigenvalue weighted by Crippen LogP contribution is 2.29. The zero-order valence-electron chi connectivity index (χ0n) is 7.53. The Morgan fingerprint density at radius 1 is 1.36 bits per heavy atom. The quantitative estimate of drug-likeness (QED) is 0.778. The summed E-state index contributed by atoms with van der Waals surface area (Å²) in [5, 5.41) is 1.57. The minimum absolute atomic E-state index is 0.651. The smallest absolute Gasteiger partial charge is 0.114 e. The number of pyridine rings is 1. The summed E-state index contributed by atoms with van der Waals surface area (Å²) in [5.74, 6) is 0.909. The van der Waals surface area contributed by atoms with Crippen molar-refractivity contribution in [3.8, 4) is 0 Å². The average Bonchev–Trinajstić information content (AvgIpc) is 2.56. The molecular weight excluding hydrogens is 218 g/mol. The van der Waals surface area contributed by atoms with Gasteiger partial charge in [-0.15, -0.1) is 0 Å². The van der Waals surface area contributed by atoms with E-state index in [9.17, 15) is 0 Å². The van der Waals surface area contributed by atoms with E-state index in [2.05, 4.69) is 4.98 Å². The van der Waals surface area contributed by atoms with Gasteiger partial charge in [0, 0.05) is 6.20 Å². The van der Waals surface area contributed by atoms with Crippen molar-refractivity contribution < 1.29 is 4.42 Å². The van der Waals surface area contributed by atoms with Crippen molar-refractivity contribution in [2.24, 2.45) is 0 Å². The van der Waals surface area contributed by atoms with Crippen LogP contribution in [0.3, 0.4) is 0 Å². The molecule has 0 saturated heterocycles. The molecule has 2 aromatic heterocycles. The van der Waals surface area contributed by atoms with Gasteiger partial charge in [-0.25, -0.2) is 4.98 Å². The number of furan rings is 1. The molecule has 0 aromatic carbocycles. The van der Waals surface area contributed by atoms with Crippen LogP contribution in [0.2, 0.25) is 5.02 Å². The third kappa shape index (κ3) is 2.11. The Labute approximate surface area is 91.3 Å². The van der Waals surface area contributed by atoms with Crippen molar-refractivity contribution in [1.82, 2.24) is 4.98 Å². The largest absolute Gasteiger partial charge is 0.468 e. The number of hydrogen-bond acceptors (Lipinski definition) is 3. The van der Waals surface area contributed by atoms with Gasteiger partial charge in [-0.2, -0.15) is 0 Å². The van der Waals surface area contributed by atoms with Gasteiger partial charge in [0.15, 0.2) is 0 Å². The van der Waals surface area contributed by atoms with Crippen molar-refractivity contribution in [1.29, 1.82) is 0 Å². The number of nitrogens with zero attached hydrogens (tertiary/aromatic N) is 1. The highest BCUT2D eigenvalue weighted by atomic mass is 35.5. The maximum Gasteiger partial charge on any atom is 0.114 e. The van der Waals surface area contributed by atoms with E-state index in [1.165, 1.54) is 0 Å². The lowest BCUT2D eigenvalue weighted by molar-refractivity contribution is 0.527. The molecule has 0 N–H and O–H groups in total. The summed E-state index contributed by atoms with van der Waals surface area (Å²) in [6.45, 7) is 1.93. The van der Waals surface area contributed by atoms with E-state index in [0.29, 0.717) is 5.02 Å². The number of aromatic nitrogens is 1. The van der Waals surface area contributed by atoms with Gasteiger partial charge in [0.2, 0.25) is 0 Å². The molecule has 2 heterocycles. The molecule has 0 unspecified atom stereocenters. The van der Waals surface area contributed by atoms with Crippen molar-refractivity contribution in [2.75, 3.05) is 0 Å². The Morgan fingerprint density at radius 3 is 2.79 bits per heavy atom. The first kappa shape index (κ1) is 9.62. The molecule has 0 spiro atoms. The van der Waals surface area contributed by atoms with Crippen LogP contribution in [0.4, 0.5) is 0 Å². The molecule has 2 nitrogen and oxygen atoms in total. The molecule has 0 aliphatic heterocycles. The van der Waals surface area contributed by atoms with Gasteiger partial charge >= 0.3 is 0 Å². The van der Waals surface area contributed by atoms with Gasteiger partial charge in [-0.3, -0.25) is 0 Å². The molecule has 0 aliphatic carbocycles. The van der Waals surface area contributed by atoms with Crippen molar-refractivity contribution >= 4 is 23.4 Å². The van der Waals surface area contributed by atoms with E-state index in [4.69, 9.17) is 16.0 Å². The molecular formula is C10H8ClNOS. The maximum atomic E-state index is 5.73. The van der Waals surface area contributed by atoms with Gasteiger partial charge in [0.05, 0.1) is 16.2 Å². The van der Waals surface area contributed by atoms with E-state index < -0.39 is 0 Å². The van der Waals surface area contributed by atoms with Crippen LogP contribution < -0.4 is 0 Å². The first-order valence-corrected chi connectivity index (χ1v) is 5.28. The summed E-state index contributed by atoms with van der Waals surface area (Å²) < 4.78 is 5.19. The molecule has 0 atom stereocenters. The molecule has 2 rings (SSSR count). The topological polar surface area (TPSA) is 26.0 Å². The summed E-state index contributed by atoms with van der Waals surface area (Å²) in [6.07, 6.45) is 3.31. The predicted molar refractivity (Wildman–Crippen MR) is 56.8 cm³/mol. The van der Waals surface area contributed by atoms with Crippen LogP contribution in [0.5, 0.6) is 0 Å². The second-order valence-corrected chi connectivity index (χ2v) is 4.26. The average molecular weight is 226 g/mol. The lowest BCUT2D eigenvalue weighted by Crippen LogP contribution is -1.78. The first-order chi connectivity index (χ1) is 6.75. The Hall–Kier alpha value is -0.930. The summed E-state index contributed by atoms with van der Waals surface area (Å²) in [6, 6.07) is 5.64. The SMILES string of the molecule is Cc1occc1Sc1ccc(Cl)cn1. The zero-order chi connectivity index (χ0) is 9.97. The molecule has 0 amide bonds. The van der Waals surface area contributed by atoms with Crippen LogP contribution in [-0.4, -0.2) is 4.98 Å². The number of aryl methyl sites for hydroxylation is 1. The second-order valence-electron chi connectivity index (χ2n) is 2.76. The Kier molecular flexibility index (Phi) is 2.79. The van der Waals surface area contributed by atoms with Crippen LogP contribution in [0.15, 0.2) is 45.0 Å². The van der Waals surface area contributed by atoms with Crippen molar-refractivity contribution in [3.63, 3.8) is 0 Å². The summed E-state index contributed by atoms with van der Waals surface area (Å²) in [5.41, 5.74) is 0. The van der Waals surface area contributed by atoms with Gasteiger partial charge < -0.3 is 4.42 Å². The number of halogens is 1. The van der Waals surface area contributed by atoms with Gasteiger partial charge in [0.25, 0.3) is 0 Å².